The number of anilines is 1. The van der Waals surface area contributed by atoms with E-state index < -0.39 is 0 Å². The number of carbonyl (C=O) groups excluding carboxylic acids is 1. The standard InChI is InChI=1S/C25H21N5O/c1-16-11-13-18(14-12-16)30-23(26)21(25(31)27-15-17-7-3-2-4-8-17)22-24(30)29-20-10-6-5-9-19(20)28-22/h2-14H,15,26H2,1H3,(H,27,31). The second kappa shape index (κ2) is 7.57. The zero-order chi connectivity index (χ0) is 21.4. The van der Waals surface area contributed by atoms with Crippen LogP contribution in [0.2, 0.25) is 0 Å². The van der Waals surface area contributed by atoms with E-state index in [1.54, 1.807) is 4.57 Å². The monoisotopic (exact) mass is 407 g/mol. The number of amides is 1. The predicted octanol–water partition coefficient (Wildman–Crippen LogP) is 4.39. The quantitative estimate of drug-likeness (QED) is 0.463. The molecule has 0 saturated carbocycles. The molecule has 3 N–H and O–H groups in total. The number of aryl methyl sites for hydroxylation is 1. The van der Waals surface area contributed by atoms with Gasteiger partial charge in [0.2, 0.25) is 0 Å². The number of benzene rings is 3. The van der Waals surface area contributed by atoms with Gasteiger partial charge in [-0.2, -0.15) is 0 Å². The van der Waals surface area contributed by atoms with Gasteiger partial charge in [0.25, 0.3) is 5.91 Å². The van der Waals surface area contributed by atoms with Crippen molar-refractivity contribution < 1.29 is 4.79 Å². The molecule has 6 heteroatoms. The van der Waals surface area contributed by atoms with Crippen molar-refractivity contribution in [3.63, 3.8) is 0 Å². The smallest absolute Gasteiger partial charge is 0.257 e. The normalized spacial score (nSPS) is 11.1. The second-order valence-electron chi connectivity index (χ2n) is 7.48. The van der Waals surface area contributed by atoms with Crippen LogP contribution in [0.25, 0.3) is 27.9 Å². The molecule has 0 atom stereocenters. The van der Waals surface area contributed by atoms with Gasteiger partial charge in [-0.05, 0) is 36.8 Å². The highest BCUT2D eigenvalue weighted by atomic mass is 16.1. The molecule has 0 aliphatic heterocycles. The number of nitrogens with zero attached hydrogens (tertiary/aromatic N) is 3. The van der Waals surface area contributed by atoms with Gasteiger partial charge < -0.3 is 11.1 Å². The van der Waals surface area contributed by atoms with Gasteiger partial charge in [-0.15, -0.1) is 0 Å². The highest BCUT2D eigenvalue weighted by Crippen LogP contribution is 2.31. The Kier molecular flexibility index (Phi) is 4.59. The van der Waals surface area contributed by atoms with Crippen molar-refractivity contribution in [2.24, 2.45) is 0 Å². The van der Waals surface area contributed by atoms with E-state index in [2.05, 4.69) is 5.32 Å². The summed E-state index contributed by atoms with van der Waals surface area (Å²) in [6.45, 7) is 2.42. The maximum Gasteiger partial charge on any atom is 0.257 e. The molecule has 2 aromatic heterocycles. The van der Waals surface area contributed by atoms with E-state index in [1.807, 2.05) is 85.8 Å². The van der Waals surface area contributed by atoms with Gasteiger partial charge in [-0.25, -0.2) is 9.97 Å². The predicted molar refractivity (Wildman–Crippen MR) is 123 cm³/mol. The molecule has 0 saturated heterocycles. The lowest BCUT2D eigenvalue weighted by Gasteiger charge is -2.09. The Morgan fingerprint density at radius 1 is 0.903 bits per heavy atom. The van der Waals surface area contributed by atoms with Gasteiger partial charge in [0, 0.05) is 12.2 Å². The molecule has 0 unspecified atom stereocenters. The van der Waals surface area contributed by atoms with Crippen molar-refractivity contribution in [2.75, 3.05) is 5.73 Å². The number of carbonyl (C=O) groups is 1. The third-order valence-electron chi connectivity index (χ3n) is 5.31. The van der Waals surface area contributed by atoms with Crippen LogP contribution in [0, 0.1) is 6.92 Å². The van der Waals surface area contributed by atoms with Crippen LogP contribution in [0.4, 0.5) is 5.82 Å². The average Bonchev–Trinajstić information content (AvgIpc) is 3.08. The Labute approximate surface area is 179 Å². The topological polar surface area (TPSA) is 85.8 Å². The maximum absolute atomic E-state index is 13.2. The Hall–Kier alpha value is -4.19. The van der Waals surface area contributed by atoms with E-state index in [9.17, 15) is 4.79 Å². The van der Waals surface area contributed by atoms with Crippen molar-refractivity contribution >= 4 is 33.9 Å². The molecule has 5 rings (SSSR count). The lowest BCUT2D eigenvalue weighted by molar-refractivity contribution is 0.0953. The van der Waals surface area contributed by atoms with Crippen molar-refractivity contribution in [2.45, 2.75) is 13.5 Å². The van der Waals surface area contributed by atoms with Gasteiger partial charge in [-0.3, -0.25) is 9.36 Å². The molecule has 0 fully saturated rings. The molecule has 5 aromatic rings. The van der Waals surface area contributed by atoms with E-state index in [1.165, 1.54) is 0 Å². The van der Waals surface area contributed by atoms with Crippen LogP contribution in [0.3, 0.4) is 0 Å². The minimum Gasteiger partial charge on any atom is -0.384 e. The van der Waals surface area contributed by atoms with E-state index in [-0.39, 0.29) is 5.91 Å². The molecule has 0 radical (unpaired) electrons. The molecule has 0 aliphatic rings. The molecule has 0 spiro atoms. The van der Waals surface area contributed by atoms with Crippen LogP contribution in [-0.4, -0.2) is 20.4 Å². The van der Waals surface area contributed by atoms with E-state index >= 15 is 0 Å². The summed E-state index contributed by atoms with van der Waals surface area (Å²) in [6.07, 6.45) is 0. The van der Waals surface area contributed by atoms with Crippen molar-refractivity contribution in [1.29, 1.82) is 0 Å². The average molecular weight is 407 g/mol. The summed E-state index contributed by atoms with van der Waals surface area (Å²) in [7, 11) is 0. The second-order valence-corrected chi connectivity index (χ2v) is 7.48. The zero-order valence-corrected chi connectivity index (χ0v) is 17.0. The third-order valence-corrected chi connectivity index (χ3v) is 5.31. The fraction of sp³-hybridized carbons (Fsp3) is 0.0800. The van der Waals surface area contributed by atoms with Gasteiger partial charge in [0.1, 0.15) is 16.9 Å². The van der Waals surface area contributed by atoms with Gasteiger partial charge in [0.05, 0.1) is 11.0 Å². The molecule has 6 nitrogen and oxygen atoms in total. The first kappa shape index (κ1) is 18.8. The highest BCUT2D eigenvalue weighted by Gasteiger charge is 2.24. The first-order valence-corrected chi connectivity index (χ1v) is 10.1. The van der Waals surface area contributed by atoms with Crippen molar-refractivity contribution in [3.8, 4) is 5.69 Å². The summed E-state index contributed by atoms with van der Waals surface area (Å²) in [5.41, 5.74) is 12.4. The Morgan fingerprint density at radius 2 is 1.55 bits per heavy atom. The number of fused-ring (bicyclic) bond motifs is 2. The molecule has 1 amide bonds. The van der Waals surface area contributed by atoms with Crippen molar-refractivity contribution in [1.82, 2.24) is 19.9 Å². The minimum absolute atomic E-state index is 0.276. The molecule has 0 bridgehead atoms. The van der Waals surface area contributed by atoms with E-state index in [0.29, 0.717) is 34.6 Å². The van der Waals surface area contributed by atoms with E-state index in [0.717, 1.165) is 22.3 Å². The van der Waals surface area contributed by atoms with Crippen LogP contribution >= 0.6 is 0 Å². The number of nitrogens with two attached hydrogens (primary N) is 1. The molecule has 2 heterocycles. The summed E-state index contributed by atoms with van der Waals surface area (Å²) in [4.78, 5) is 22.8. The SMILES string of the molecule is Cc1ccc(-n2c(N)c(C(=O)NCc3ccccc3)c3nc4ccccc4nc32)cc1. The maximum atomic E-state index is 13.2. The minimum atomic E-state index is -0.276. The summed E-state index contributed by atoms with van der Waals surface area (Å²) >= 11 is 0. The van der Waals surface area contributed by atoms with Gasteiger partial charge in [-0.1, -0.05) is 60.2 Å². The number of hydrogen-bond acceptors (Lipinski definition) is 4. The molecular weight excluding hydrogens is 386 g/mol. The van der Waals surface area contributed by atoms with Crippen LogP contribution in [-0.2, 0) is 6.54 Å². The summed E-state index contributed by atoms with van der Waals surface area (Å²) in [6, 6.07) is 25.3. The van der Waals surface area contributed by atoms with Crippen molar-refractivity contribution in [3.05, 3.63) is 95.6 Å². The molecule has 152 valence electrons. The van der Waals surface area contributed by atoms with E-state index in [4.69, 9.17) is 15.7 Å². The number of hydrogen-bond donors (Lipinski definition) is 2. The lowest BCUT2D eigenvalue weighted by atomic mass is 10.2. The lowest BCUT2D eigenvalue weighted by Crippen LogP contribution is -2.23. The summed E-state index contributed by atoms with van der Waals surface area (Å²) < 4.78 is 1.80. The molecule has 0 aliphatic carbocycles. The fourth-order valence-corrected chi connectivity index (χ4v) is 3.71. The number of para-hydroxylation sites is 2. The van der Waals surface area contributed by atoms with Gasteiger partial charge >= 0.3 is 0 Å². The molecular formula is C25H21N5O. The Bertz CT molecular complexity index is 1410. The first-order valence-electron chi connectivity index (χ1n) is 10.1. The first-order chi connectivity index (χ1) is 15.1. The van der Waals surface area contributed by atoms with Crippen LogP contribution < -0.4 is 11.1 Å². The fourth-order valence-electron chi connectivity index (χ4n) is 3.71. The number of nitrogens with one attached hydrogen (secondary N) is 1. The number of rotatable bonds is 4. The zero-order valence-electron chi connectivity index (χ0n) is 17.0. The Balaban J connectivity index is 1.67. The van der Waals surface area contributed by atoms with Gasteiger partial charge in [0.15, 0.2) is 5.65 Å². The number of nitrogen functional groups attached to an aromatic ring is 1. The third kappa shape index (κ3) is 3.38. The van der Waals surface area contributed by atoms with Crippen LogP contribution in [0.15, 0.2) is 78.9 Å². The highest BCUT2D eigenvalue weighted by molar-refractivity contribution is 6.11. The number of aromatic nitrogens is 3. The van der Waals surface area contributed by atoms with Crippen LogP contribution in [0.5, 0.6) is 0 Å². The summed E-state index contributed by atoms with van der Waals surface area (Å²) in [5, 5.41) is 2.97. The molecule has 31 heavy (non-hydrogen) atoms. The van der Waals surface area contributed by atoms with Crippen LogP contribution in [0.1, 0.15) is 21.5 Å². The largest absolute Gasteiger partial charge is 0.384 e. The molecule has 3 aromatic carbocycles. The summed E-state index contributed by atoms with van der Waals surface area (Å²) in [5.74, 6) is 0.0431. The Morgan fingerprint density at radius 3 is 2.26 bits per heavy atom.